The smallest absolute Gasteiger partial charge is 0.408 e. The molecule has 5 N–H and O–H groups in total. The Hall–Kier alpha value is -3.70. The summed E-state index contributed by atoms with van der Waals surface area (Å²) in [6.07, 6.45) is 1.77. The number of ether oxygens (including phenoxy) is 1. The summed E-state index contributed by atoms with van der Waals surface area (Å²) in [4.78, 5) is 65.9. The van der Waals surface area contributed by atoms with E-state index in [1.54, 1.807) is 20.8 Å². The molecule has 0 aromatic heterocycles. The number of primary amides is 1. The highest BCUT2D eigenvalue weighted by molar-refractivity contribution is 5.95. The van der Waals surface area contributed by atoms with E-state index in [0.717, 1.165) is 6.42 Å². The summed E-state index contributed by atoms with van der Waals surface area (Å²) >= 11 is 0. The molecular weight excluding hydrogens is 509 g/mol. The Morgan fingerprint density at radius 3 is 2.41 bits per heavy atom. The van der Waals surface area contributed by atoms with Gasteiger partial charge in [-0.25, -0.2) is 9.18 Å². The quantitative estimate of drug-likeness (QED) is 0.385. The molecule has 1 aromatic rings. The number of likely N-dealkylation sites (tertiary alicyclic amines) is 1. The maximum Gasteiger partial charge on any atom is 0.408 e. The zero-order valence-electron chi connectivity index (χ0n) is 22.4. The maximum atomic E-state index is 14.0. The number of carbonyl (C=O) groups is 5. The van der Waals surface area contributed by atoms with E-state index in [0.29, 0.717) is 31.4 Å². The predicted octanol–water partition coefficient (Wildman–Crippen LogP) is 1.27. The lowest BCUT2D eigenvalue weighted by Gasteiger charge is -2.37. The van der Waals surface area contributed by atoms with Gasteiger partial charge in [0.15, 0.2) is 0 Å². The molecule has 11 nitrogen and oxygen atoms in total. The van der Waals surface area contributed by atoms with Gasteiger partial charge in [0, 0.05) is 18.5 Å². The molecule has 2 bridgehead atoms. The Bertz CT molecular complexity index is 1140. The van der Waals surface area contributed by atoms with Gasteiger partial charge in [-0.1, -0.05) is 12.1 Å². The van der Waals surface area contributed by atoms with Crippen molar-refractivity contribution in [2.24, 2.45) is 17.6 Å². The molecule has 4 rings (SSSR count). The van der Waals surface area contributed by atoms with E-state index in [-0.39, 0.29) is 24.3 Å². The number of carbonyl (C=O) groups excluding carboxylic acids is 5. The highest BCUT2D eigenvalue weighted by Gasteiger charge is 2.53. The van der Waals surface area contributed by atoms with Crippen molar-refractivity contribution < 1.29 is 33.1 Å². The molecule has 3 aliphatic rings. The number of hydrogen-bond donors (Lipinski definition) is 4. The molecule has 2 heterocycles. The van der Waals surface area contributed by atoms with Gasteiger partial charge in [-0.05, 0) is 76.5 Å². The van der Waals surface area contributed by atoms with Crippen LogP contribution in [-0.4, -0.2) is 64.9 Å². The first-order chi connectivity index (χ1) is 18.3. The Morgan fingerprint density at radius 1 is 1.13 bits per heavy atom. The average Bonchev–Trinajstić information content (AvgIpc) is 3.57. The number of alkyl carbamates (subject to hydrolysis) is 1. The second kappa shape index (κ2) is 11.2. The number of halogens is 1. The molecular formula is C27H36FN5O6. The van der Waals surface area contributed by atoms with E-state index in [1.807, 2.05) is 0 Å². The van der Waals surface area contributed by atoms with Crippen LogP contribution in [0.2, 0.25) is 0 Å². The number of benzene rings is 1. The summed E-state index contributed by atoms with van der Waals surface area (Å²) in [7, 11) is 0. The van der Waals surface area contributed by atoms with Crippen LogP contribution in [0.25, 0.3) is 0 Å². The third-order valence-corrected chi connectivity index (χ3v) is 7.56. The molecule has 1 aromatic carbocycles. The standard InChI is InChI=1S/C27H36FN5O6/c1-27(2,3)39-26(38)32-20(14-4-7-17(28)8-5-14)25(37)33-18-9-6-15(12-18)21(33)24(36)31-19(22(29)34)13-16-10-11-30-23(16)35/h4-5,7-8,15-16,18-21H,6,9-13H2,1-3H3,(H2,29,34)(H,30,35)(H,31,36)(H,32,38)/t15-,16-,18+,19-,20-,21-/m0/s1. The van der Waals surface area contributed by atoms with Crippen molar-refractivity contribution in [2.75, 3.05) is 6.54 Å². The SMILES string of the molecule is CC(C)(C)OC(=O)N[C@H](C(=O)N1[C@@H]2CC[C@@H](C2)[C@H]1C(=O)N[C@@H](C[C@@H]1CCNC1=O)C(N)=O)c1ccc(F)cc1. The fourth-order valence-electron chi connectivity index (χ4n) is 5.82. The highest BCUT2D eigenvalue weighted by Crippen LogP contribution is 2.44. The summed E-state index contributed by atoms with van der Waals surface area (Å²) in [6.45, 7) is 5.55. The van der Waals surface area contributed by atoms with Crippen LogP contribution in [-0.2, 0) is 23.9 Å². The van der Waals surface area contributed by atoms with Crippen molar-refractivity contribution in [3.05, 3.63) is 35.6 Å². The van der Waals surface area contributed by atoms with Gasteiger partial charge in [0.05, 0.1) is 0 Å². The third-order valence-electron chi connectivity index (χ3n) is 7.56. The van der Waals surface area contributed by atoms with Gasteiger partial charge in [-0.2, -0.15) is 0 Å². The number of fused-ring (bicyclic) bond motifs is 2. The van der Waals surface area contributed by atoms with Crippen LogP contribution in [0.4, 0.5) is 9.18 Å². The average molecular weight is 546 g/mol. The molecule has 6 atom stereocenters. The number of piperidine rings is 1. The van der Waals surface area contributed by atoms with Gasteiger partial charge >= 0.3 is 6.09 Å². The number of amides is 5. The molecule has 12 heteroatoms. The van der Waals surface area contributed by atoms with Crippen molar-refractivity contribution in [2.45, 2.75) is 82.6 Å². The third kappa shape index (κ3) is 6.48. The van der Waals surface area contributed by atoms with Gasteiger partial charge in [0.2, 0.25) is 17.7 Å². The molecule has 1 aliphatic carbocycles. The molecule has 1 saturated carbocycles. The Kier molecular flexibility index (Phi) is 8.12. The first-order valence-corrected chi connectivity index (χ1v) is 13.3. The van der Waals surface area contributed by atoms with Gasteiger partial charge in [0.1, 0.15) is 29.5 Å². The van der Waals surface area contributed by atoms with Crippen LogP contribution in [0.15, 0.2) is 24.3 Å². The number of nitrogens with one attached hydrogen (secondary N) is 3. The zero-order chi connectivity index (χ0) is 28.5. The van der Waals surface area contributed by atoms with Gasteiger partial charge in [-0.15, -0.1) is 0 Å². The predicted molar refractivity (Wildman–Crippen MR) is 137 cm³/mol. The normalized spacial score (nSPS) is 25.5. The first kappa shape index (κ1) is 28.3. The second-order valence-corrected chi connectivity index (χ2v) is 11.5. The van der Waals surface area contributed by atoms with Gasteiger partial charge in [0.25, 0.3) is 5.91 Å². The minimum atomic E-state index is -1.23. The Balaban J connectivity index is 1.57. The molecule has 2 aliphatic heterocycles. The van der Waals surface area contributed by atoms with Gasteiger partial charge in [-0.3, -0.25) is 19.2 Å². The first-order valence-electron chi connectivity index (χ1n) is 13.3. The zero-order valence-corrected chi connectivity index (χ0v) is 22.4. The summed E-state index contributed by atoms with van der Waals surface area (Å²) in [5, 5.41) is 7.98. The lowest BCUT2D eigenvalue weighted by atomic mass is 9.94. The van der Waals surface area contributed by atoms with Crippen LogP contribution in [0.3, 0.4) is 0 Å². The summed E-state index contributed by atoms with van der Waals surface area (Å²) in [5.41, 5.74) is 5.07. The van der Waals surface area contributed by atoms with Crippen molar-refractivity contribution in [3.8, 4) is 0 Å². The molecule has 39 heavy (non-hydrogen) atoms. The van der Waals surface area contributed by atoms with E-state index < -0.39 is 59.3 Å². The van der Waals surface area contributed by atoms with Crippen LogP contribution in [0.1, 0.15) is 64.5 Å². The summed E-state index contributed by atoms with van der Waals surface area (Å²) in [6, 6.07) is 1.72. The van der Waals surface area contributed by atoms with E-state index in [9.17, 15) is 28.4 Å². The minimum Gasteiger partial charge on any atom is -0.444 e. The molecule has 0 radical (unpaired) electrons. The lowest BCUT2D eigenvalue weighted by Crippen LogP contribution is -2.58. The molecule has 5 amide bonds. The van der Waals surface area contributed by atoms with Crippen molar-refractivity contribution in [3.63, 3.8) is 0 Å². The largest absolute Gasteiger partial charge is 0.444 e. The van der Waals surface area contributed by atoms with Crippen molar-refractivity contribution >= 4 is 29.7 Å². The van der Waals surface area contributed by atoms with Crippen molar-refractivity contribution in [1.29, 1.82) is 0 Å². The van der Waals surface area contributed by atoms with Crippen LogP contribution in [0.5, 0.6) is 0 Å². The minimum absolute atomic E-state index is 0.0695. The Labute approximate surface area is 226 Å². The van der Waals surface area contributed by atoms with Crippen LogP contribution < -0.4 is 21.7 Å². The Morgan fingerprint density at radius 2 is 1.82 bits per heavy atom. The summed E-state index contributed by atoms with van der Waals surface area (Å²) in [5.74, 6) is -3.12. The molecule has 3 fully saturated rings. The van der Waals surface area contributed by atoms with Crippen LogP contribution >= 0.6 is 0 Å². The molecule has 212 valence electrons. The van der Waals surface area contributed by atoms with Crippen LogP contribution in [0, 0.1) is 17.7 Å². The van der Waals surface area contributed by atoms with E-state index >= 15 is 0 Å². The van der Waals surface area contributed by atoms with Crippen molar-refractivity contribution in [1.82, 2.24) is 20.9 Å². The number of nitrogens with two attached hydrogens (primary N) is 1. The molecule has 0 spiro atoms. The number of nitrogens with zero attached hydrogens (tertiary/aromatic N) is 1. The number of hydrogen-bond acceptors (Lipinski definition) is 6. The maximum absolute atomic E-state index is 14.0. The van der Waals surface area contributed by atoms with E-state index in [1.165, 1.54) is 29.2 Å². The molecule has 2 saturated heterocycles. The van der Waals surface area contributed by atoms with Gasteiger partial charge < -0.3 is 31.3 Å². The van der Waals surface area contributed by atoms with E-state index in [4.69, 9.17) is 10.5 Å². The highest BCUT2D eigenvalue weighted by atomic mass is 19.1. The second-order valence-electron chi connectivity index (χ2n) is 11.5. The summed E-state index contributed by atoms with van der Waals surface area (Å²) < 4.78 is 19.0. The fraction of sp³-hybridized carbons (Fsp3) is 0.593. The fourth-order valence-corrected chi connectivity index (χ4v) is 5.82. The monoisotopic (exact) mass is 545 g/mol. The molecule has 0 unspecified atom stereocenters. The lowest BCUT2D eigenvalue weighted by molar-refractivity contribution is -0.145. The number of rotatable bonds is 8. The van der Waals surface area contributed by atoms with E-state index in [2.05, 4.69) is 16.0 Å². The topological polar surface area (TPSA) is 160 Å².